The molecule has 1 fully saturated rings. The molecule has 0 aromatic carbocycles. The molecule has 106 valence electrons. The summed E-state index contributed by atoms with van der Waals surface area (Å²) in [6.07, 6.45) is 8.18. The van der Waals surface area contributed by atoms with Crippen molar-refractivity contribution in [2.45, 2.75) is 18.8 Å². The molecule has 1 saturated heterocycles. The lowest BCUT2D eigenvalue weighted by Gasteiger charge is -2.32. The second kappa shape index (κ2) is 5.20. The third kappa shape index (κ3) is 2.27. The van der Waals surface area contributed by atoms with Crippen molar-refractivity contribution in [2.24, 2.45) is 0 Å². The Balaban J connectivity index is 1.53. The monoisotopic (exact) mass is 278 g/mol. The summed E-state index contributed by atoms with van der Waals surface area (Å²) in [4.78, 5) is 14.5. The van der Waals surface area contributed by atoms with Gasteiger partial charge in [0.05, 0.1) is 0 Å². The Labute approximate surface area is 123 Å². The third-order valence-electron chi connectivity index (χ3n) is 4.39. The van der Waals surface area contributed by atoms with Gasteiger partial charge in [0, 0.05) is 37.1 Å². The summed E-state index contributed by atoms with van der Waals surface area (Å²) in [6, 6.07) is 10.3. The Kier molecular flexibility index (Phi) is 3.07. The maximum atomic E-state index is 4.45. The van der Waals surface area contributed by atoms with Gasteiger partial charge in [-0.05, 0) is 48.6 Å². The van der Waals surface area contributed by atoms with Crippen molar-refractivity contribution < 1.29 is 0 Å². The zero-order chi connectivity index (χ0) is 14.1. The SMILES string of the molecule is c1ccc(N2CCC(c3c[nH]c4ncccc34)CC2)nc1. The zero-order valence-electron chi connectivity index (χ0n) is 11.9. The highest BCUT2D eigenvalue weighted by molar-refractivity contribution is 5.80. The molecule has 0 spiro atoms. The van der Waals surface area contributed by atoms with E-state index in [1.165, 1.54) is 23.8 Å². The van der Waals surface area contributed by atoms with E-state index in [0.29, 0.717) is 5.92 Å². The Hall–Kier alpha value is -2.36. The molecule has 0 bridgehead atoms. The van der Waals surface area contributed by atoms with E-state index in [0.717, 1.165) is 24.6 Å². The fourth-order valence-electron chi connectivity index (χ4n) is 3.28. The summed E-state index contributed by atoms with van der Waals surface area (Å²) in [6.45, 7) is 2.13. The highest BCUT2D eigenvalue weighted by Gasteiger charge is 2.23. The number of anilines is 1. The van der Waals surface area contributed by atoms with Crippen LogP contribution in [-0.4, -0.2) is 28.0 Å². The summed E-state index contributed by atoms with van der Waals surface area (Å²) in [7, 11) is 0. The number of hydrogen-bond acceptors (Lipinski definition) is 3. The Morgan fingerprint density at radius 3 is 2.67 bits per heavy atom. The first-order valence-corrected chi connectivity index (χ1v) is 7.50. The fraction of sp³-hybridized carbons (Fsp3) is 0.294. The molecule has 4 rings (SSSR count). The number of piperidine rings is 1. The molecular formula is C17H18N4. The lowest BCUT2D eigenvalue weighted by molar-refractivity contribution is 0.505. The van der Waals surface area contributed by atoms with Gasteiger partial charge in [-0.3, -0.25) is 0 Å². The lowest BCUT2D eigenvalue weighted by Crippen LogP contribution is -2.33. The number of nitrogens with one attached hydrogen (secondary N) is 1. The predicted molar refractivity (Wildman–Crippen MR) is 84.5 cm³/mol. The molecule has 1 aliphatic rings. The summed E-state index contributed by atoms with van der Waals surface area (Å²) >= 11 is 0. The molecule has 21 heavy (non-hydrogen) atoms. The third-order valence-corrected chi connectivity index (χ3v) is 4.39. The molecule has 0 saturated carbocycles. The van der Waals surface area contributed by atoms with Crippen molar-refractivity contribution in [2.75, 3.05) is 18.0 Å². The minimum atomic E-state index is 0.614. The highest BCUT2D eigenvalue weighted by atomic mass is 15.2. The van der Waals surface area contributed by atoms with E-state index in [2.05, 4.69) is 44.2 Å². The van der Waals surface area contributed by atoms with E-state index in [-0.39, 0.29) is 0 Å². The van der Waals surface area contributed by atoms with Crippen molar-refractivity contribution in [3.05, 3.63) is 54.5 Å². The Morgan fingerprint density at radius 1 is 1.00 bits per heavy atom. The van der Waals surface area contributed by atoms with E-state index in [1.807, 2.05) is 24.5 Å². The van der Waals surface area contributed by atoms with Crippen molar-refractivity contribution in [1.82, 2.24) is 15.0 Å². The number of rotatable bonds is 2. The minimum Gasteiger partial charge on any atom is -0.357 e. The van der Waals surface area contributed by atoms with Crippen LogP contribution in [0.2, 0.25) is 0 Å². The van der Waals surface area contributed by atoms with Gasteiger partial charge in [-0.25, -0.2) is 9.97 Å². The second-order valence-electron chi connectivity index (χ2n) is 5.59. The number of H-pyrrole nitrogens is 1. The maximum absolute atomic E-state index is 4.45. The molecule has 1 aliphatic heterocycles. The Morgan fingerprint density at radius 2 is 1.86 bits per heavy atom. The van der Waals surface area contributed by atoms with Gasteiger partial charge in [0.15, 0.2) is 0 Å². The molecule has 3 aromatic heterocycles. The van der Waals surface area contributed by atoms with Gasteiger partial charge in [0.2, 0.25) is 0 Å². The summed E-state index contributed by atoms with van der Waals surface area (Å²) in [5.74, 6) is 1.71. The standard InChI is InChI=1S/C17H18N4/c1-2-8-18-16(5-1)21-10-6-13(7-11-21)15-12-20-17-14(15)4-3-9-19-17/h1-5,8-9,12-13H,6-7,10-11H2,(H,19,20). The minimum absolute atomic E-state index is 0.614. The van der Waals surface area contributed by atoms with Gasteiger partial charge in [-0.15, -0.1) is 0 Å². The maximum Gasteiger partial charge on any atom is 0.137 e. The fourth-order valence-corrected chi connectivity index (χ4v) is 3.28. The molecule has 0 amide bonds. The first-order chi connectivity index (χ1) is 10.4. The number of aromatic nitrogens is 3. The Bertz CT molecular complexity index is 727. The van der Waals surface area contributed by atoms with Gasteiger partial charge in [0.25, 0.3) is 0 Å². The second-order valence-corrected chi connectivity index (χ2v) is 5.59. The summed E-state index contributed by atoms with van der Waals surface area (Å²) in [5, 5.41) is 1.27. The van der Waals surface area contributed by atoms with Crippen molar-refractivity contribution >= 4 is 16.9 Å². The molecule has 4 nitrogen and oxygen atoms in total. The molecule has 0 unspecified atom stereocenters. The van der Waals surface area contributed by atoms with Crippen LogP contribution in [0.15, 0.2) is 48.9 Å². The van der Waals surface area contributed by atoms with Crippen LogP contribution in [0, 0.1) is 0 Å². The van der Waals surface area contributed by atoms with Crippen LogP contribution < -0.4 is 4.90 Å². The molecular weight excluding hydrogens is 260 g/mol. The van der Waals surface area contributed by atoms with Crippen molar-refractivity contribution in [1.29, 1.82) is 0 Å². The van der Waals surface area contributed by atoms with Crippen molar-refractivity contribution in [3.63, 3.8) is 0 Å². The van der Waals surface area contributed by atoms with Crippen LogP contribution in [0.4, 0.5) is 5.82 Å². The van der Waals surface area contributed by atoms with Gasteiger partial charge in [0.1, 0.15) is 11.5 Å². The van der Waals surface area contributed by atoms with E-state index in [4.69, 9.17) is 0 Å². The quantitative estimate of drug-likeness (QED) is 0.782. The van der Waals surface area contributed by atoms with Crippen LogP contribution >= 0.6 is 0 Å². The van der Waals surface area contributed by atoms with Gasteiger partial charge in [-0.1, -0.05) is 6.07 Å². The molecule has 1 N–H and O–H groups in total. The largest absolute Gasteiger partial charge is 0.357 e. The van der Waals surface area contributed by atoms with E-state index < -0.39 is 0 Å². The molecule has 4 heterocycles. The predicted octanol–water partition coefficient (Wildman–Crippen LogP) is 3.34. The smallest absolute Gasteiger partial charge is 0.137 e. The number of aromatic amines is 1. The average molecular weight is 278 g/mol. The highest BCUT2D eigenvalue weighted by Crippen LogP contribution is 2.33. The molecule has 0 aliphatic carbocycles. The van der Waals surface area contributed by atoms with Gasteiger partial charge < -0.3 is 9.88 Å². The molecule has 4 heteroatoms. The van der Waals surface area contributed by atoms with Crippen LogP contribution in [-0.2, 0) is 0 Å². The van der Waals surface area contributed by atoms with E-state index in [1.54, 1.807) is 0 Å². The molecule has 0 atom stereocenters. The number of hydrogen-bond donors (Lipinski definition) is 1. The van der Waals surface area contributed by atoms with Crippen LogP contribution in [0.25, 0.3) is 11.0 Å². The average Bonchev–Trinajstić information content (AvgIpc) is 3.00. The van der Waals surface area contributed by atoms with Crippen molar-refractivity contribution in [3.8, 4) is 0 Å². The van der Waals surface area contributed by atoms with Crippen LogP contribution in [0.1, 0.15) is 24.3 Å². The molecule has 0 radical (unpaired) electrons. The number of nitrogens with zero attached hydrogens (tertiary/aromatic N) is 3. The summed E-state index contributed by atoms with van der Waals surface area (Å²) < 4.78 is 0. The summed E-state index contributed by atoms with van der Waals surface area (Å²) in [5.41, 5.74) is 2.42. The first kappa shape index (κ1) is 12.4. The van der Waals surface area contributed by atoms with Gasteiger partial charge in [-0.2, -0.15) is 0 Å². The van der Waals surface area contributed by atoms with E-state index in [9.17, 15) is 0 Å². The number of pyridine rings is 2. The zero-order valence-corrected chi connectivity index (χ0v) is 11.9. The van der Waals surface area contributed by atoms with Gasteiger partial charge >= 0.3 is 0 Å². The van der Waals surface area contributed by atoms with Crippen LogP contribution in [0.3, 0.4) is 0 Å². The first-order valence-electron chi connectivity index (χ1n) is 7.50. The van der Waals surface area contributed by atoms with Crippen LogP contribution in [0.5, 0.6) is 0 Å². The normalized spacial score (nSPS) is 16.5. The van der Waals surface area contributed by atoms with E-state index >= 15 is 0 Å². The molecule has 3 aromatic rings. The number of fused-ring (bicyclic) bond motifs is 1. The lowest BCUT2D eigenvalue weighted by atomic mass is 9.89. The topological polar surface area (TPSA) is 44.8 Å².